The van der Waals surface area contributed by atoms with Gasteiger partial charge >= 0.3 is 0 Å². The van der Waals surface area contributed by atoms with Crippen LogP contribution in [0.2, 0.25) is 18.1 Å². The van der Waals surface area contributed by atoms with E-state index in [9.17, 15) is 5.11 Å². The van der Waals surface area contributed by atoms with E-state index in [-0.39, 0.29) is 5.04 Å². The first-order valence-corrected chi connectivity index (χ1v) is 13.2. The molecule has 0 aromatic heterocycles. The van der Waals surface area contributed by atoms with Gasteiger partial charge in [-0.3, -0.25) is 0 Å². The van der Waals surface area contributed by atoms with Gasteiger partial charge in [0.05, 0.1) is 25.9 Å². The van der Waals surface area contributed by atoms with Crippen LogP contribution in [0.5, 0.6) is 11.5 Å². The molecule has 0 spiro atoms. The highest BCUT2D eigenvalue weighted by molar-refractivity contribution is 6.74. The summed E-state index contributed by atoms with van der Waals surface area (Å²) in [7, 11) is 1.59. The molecule has 0 fully saturated rings. The molecule has 162 valence electrons. The van der Waals surface area contributed by atoms with Crippen molar-refractivity contribution in [2.75, 3.05) is 20.8 Å². The SMILES string of the molecule is COc1ccc(OC)c(C#CCCC(O)/C=C/CCCO[Si](C)(C)C(C)(C)C)c1. The van der Waals surface area contributed by atoms with Gasteiger partial charge < -0.3 is 19.0 Å². The second kappa shape index (κ2) is 12.1. The lowest BCUT2D eigenvalue weighted by Crippen LogP contribution is -2.40. The first kappa shape index (κ1) is 25.3. The molecule has 1 aromatic carbocycles. The van der Waals surface area contributed by atoms with Crippen molar-refractivity contribution in [3.63, 3.8) is 0 Å². The van der Waals surface area contributed by atoms with Crippen molar-refractivity contribution in [2.45, 2.75) is 70.7 Å². The number of ether oxygens (including phenoxy) is 2. The minimum absolute atomic E-state index is 0.245. The average molecular weight is 419 g/mol. The highest BCUT2D eigenvalue weighted by Crippen LogP contribution is 2.36. The molecular weight excluding hydrogens is 380 g/mol. The maximum Gasteiger partial charge on any atom is 0.191 e. The van der Waals surface area contributed by atoms with Gasteiger partial charge in [-0.2, -0.15) is 0 Å². The molecular formula is C24H38O4Si. The fraction of sp³-hybridized carbons (Fsp3) is 0.583. The molecule has 0 aliphatic carbocycles. The molecule has 0 saturated carbocycles. The van der Waals surface area contributed by atoms with Gasteiger partial charge in [-0.1, -0.05) is 44.8 Å². The van der Waals surface area contributed by atoms with Crippen LogP contribution in [0.3, 0.4) is 0 Å². The molecule has 1 rings (SSSR count). The van der Waals surface area contributed by atoms with Gasteiger partial charge in [0, 0.05) is 13.0 Å². The fourth-order valence-electron chi connectivity index (χ4n) is 2.38. The van der Waals surface area contributed by atoms with Gasteiger partial charge in [-0.05, 0) is 55.6 Å². The van der Waals surface area contributed by atoms with E-state index in [1.54, 1.807) is 14.2 Å². The van der Waals surface area contributed by atoms with Crippen molar-refractivity contribution in [2.24, 2.45) is 0 Å². The Morgan fingerprint density at radius 3 is 2.52 bits per heavy atom. The fourth-order valence-corrected chi connectivity index (χ4v) is 3.47. The standard InChI is InChI=1S/C24H38O4Si/c1-24(2,3)29(6,7)28-18-12-8-9-14-21(25)15-11-10-13-20-19-22(26-4)16-17-23(20)27-5/h9,14,16-17,19,21,25H,8,11-12,15,18H2,1-7H3/b14-9+. The summed E-state index contributed by atoms with van der Waals surface area (Å²) in [5, 5.41) is 10.3. The molecule has 0 amide bonds. The summed E-state index contributed by atoms with van der Waals surface area (Å²) in [5.74, 6) is 7.67. The van der Waals surface area contributed by atoms with Crippen LogP contribution in [-0.4, -0.2) is 40.4 Å². The van der Waals surface area contributed by atoms with Crippen LogP contribution >= 0.6 is 0 Å². The maximum absolute atomic E-state index is 10.1. The Kier molecular flexibility index (Phi) is 10.5. The van der Waals surface area contributed by atoms with Crippen molar-refractivity contribution in [1.29, 1.82) is 0 Å². The molecule has 1 unspecified atom stereocenters. The van der Waals surface area contributed by atoms with Gasteiger partial charge in [0.2, 0.25) is 0 Å². The predicted molar refractivity (Wildman–Crippen MR) is 123 cm³/mol. The zero-order valence-corrected chi connectivity index (χ0v) is 20.2. The quantitative estimate of drug-likeness (QED) is 0.234. The number of unbranched alkanes of at least 4 members (excludes halogenated alkanes) is 1. The van der Waals surface area contributed by atoms with Gasteiger partial charge in [-0.25, -0.2) is 0 Å². The predicted octanol–water partition coefficient (Wildman–Crippen LogP) is 5.55. The van der Waals surface area contributed by atoms with Crippen LogP contribution in [0, 0.1) is 11.8 Å². The van der Waals surface area contributed by atoms with Crippen LogP contribution in [0.4, 0.5) is 0 Å². The largest absolute Gasteiger partial charge is 0.497 e. The topological polar surface area (TPSA) is 47.9 Å². The van der Waals surface area contributed by atoms with E-state index in [0.717, 1.165) is 36.5 Å². The van der Waals surface area contributed by atoms with Gasteiger partial charge in [0.15, 0.2) is 8.32 Å². The molecule has 0 radical (unpaired) electrons. The zero-order chi connectivity index (χ0) is 21.9. The van der Waals surface area contributed by atoms with E-state index in [1.165, 1.54) is 0 Å². The second-order valence-electron chi connectivity index (χ2n) is 8.65. The summed E-state index contributed by atoms with van der Waals surface area (Å²) < 4.78 is 16.7. The Morgan fingerprint density at radius 1 is 1.17 bits per heavy atom. The highest BCUT2D eigenvalue weighted by atomic mass is 28.4. The summed E-state index contributed by atoms with van der Waals surface area (Å²) in [6, 6.07) is 5.54. The number of aliphatic hydroxyl groups is 1. The smallest absolute Gasteiger partial charge is 0.191 e. The number of allylic oxidation sites excluding steroid dienone is 1. The van der Waals surface area contributed by atoms with Gasteiger partial charge in [0.1, 0.15) is 11.5 Å². The first-order chi connectivity index (χ1) is 13.6. The summed E-state index contributed by atoms with van der Waals surface area (Å²) in [6.45, 7) is 12.1. The third kappa shape index (κ3) is 9.08. The first-order valence-electron chi connectivity index (χ1n) is 10.3. The highest BCUT2D eigenvalue weighted by Gasteiger charge is 2.36. The van der Waals surface area contributed by atoms with E-state index < -0.39 is 14.4 Å². The molecule has 0 aliphatic heterocycles. The number of hydrogen-bond donors (Lipinski definition) is 1. The lowest BCUT2D eigenvalue weighted by Gasteiger charge is -2.36. The average Bonchev–Trinajstić information content (AvgIpc) is 2.66. The van der Waals surface area contributed by atoms with Crippen LogP contribution in [0.25, 0.3) is 0 Å². The van der Waals surface area contributed by atoms with Crippen LogP contribution in [-0.2, 0) is 4.43 Å². The molecule has 29 heavy (non-hydrogen) atoms. The molecule has 0 bridgehead atoms. The number of methoxy groups -OCH3 is 2. The minimum Gasteiger partial charge on any atom is -0.497 e. The van der Waals surface area contributed by atoms with Gasteiger partial charge in [0.25, 0.3) is 0 Å². The zero-order valence-electron chi connectivity index (χ0n) is 19.2. The molecule has 4 nitrogen and oxygen atoms in total. The maximum atomic E-state index is 10.1. The van der Waals surface area contributed by atoms with E-state index in [1.807, 2.05) is 30.4 Å². The van der Waals surface area contributed by atoms with Crippen molar-refractivity contribution in [3.8, 4) is 23.3 Å². The summed E-state index contributed by atoms with van der Waals surface area (Å²) in [5.41, 5.74) is 0.790. The third-order valence-electron chi connectivity index (χ3n) is 5.34. The Hall–Kier alpha value is -1.74. The van der Waals surface area contributed by atoms with Crippen molar-refractivity contribution < 1.29 is 19.0 Å². The Bertz CT molecular complexity index is 708. The molecule has 0 aliphatic rings. The minimum atomic E-state index is -1.66. The molecule has 0 saturated heterocycles. The number of rotatable bonds is 10. The van der Waals surface area contributed by atoms with E-state index in [2.05, 4.69) is 45.7 Å². The van der Waals surface area contributed by atoms with Crippen molar-refractivity contribution >= 4 is 8.32 Å². The van der Waals surface area contributed by atoms with Crippen LogP contribution in [0.15, 0.2) is 30.4 Å². The van der Waals surface area contributed by atoms with Crippen molar-refractivity contribution in [3.05, 3.63) is 35.9 Å². The molecule has 1 N–H and O–H groups in total. The number of aliphatic hydroxyl groups excluding tert-OH is 1. The molecule has 5 heteroatoms. The molecule has 1 aromatic rings. The van der Waals surface area contributed by atoms with E-state index in [0.29, 0.717) is 12.8 Å². The monoisotopic (exact) mass is 418 g/mol. The summed E-state index contributed by atoms with van der Waals surface area (Å²) in [6.07, 6.45) is 6.54. The number of hydrogen-bond acceptors (Lipinski definition) is 4. The van der Waals surface area contributed by atoms with Crippen LogP contribution in [0.1, 0.15) is 52.0 Å². The molecule has 1 atom stereocenters. The number of benzene rings is 1. The summed E-state index contributed by atoms with van der Waals surface area (Å²) in [4.78, 5) is 0. The summed E-state index contributed by atoms with van der Waals surface area (Å²) >= 11 is 0. The Labute approximate surface area is 178 Å². The Balaban J connectivity index is 2.35. The van der Waals surface area contributed by atoms with E-state index in [4.69, 9.17) is 13.9 Å². The van der Waals surface area contributed by atoms with Crippen LogP contribution < -0.4 is 9.47 Å². The van der Waals surface area contributed by atoms with Gasteiger partial charge in [-0.15, -0.1) is 0 Å². The van der Waals surface area contributed by atoms with E-state index >= 15 is 0 Å². The normalized spacial score (nSPS) is 13.1. The Morgan fingerprint density at radius 2 is 1.90 bits per heavy atom. The molecule has 0 heterocycles. The van der Waals surface area contributed by atoms with Crippen molar-refractivity contribution in [1.82, 2.24) is 0 Å². The lowest BCUT2D eigenvalue weighted by atomic mass is 10.1. The lowest BCUT2D eigenvalue weighted by molar-refractivity contribution is 0.214. The second-order valence-corrected chi connectivity index (χ2v) is 13.5. The third-order valence-corrected chi connectivity index (χ3v) is 9.88.